The highest BCUT2D eigenvalue weighted by Crippen LogP contribution is 2.15. The lowest BCUT2D eigenvalue weighted by Gasteiger charge is -2.16. The summed E-state index contributed by atoms with van der Waals surface area (Å²) in [5.74, 6) is -1.07. The standard InChI is InChI=1S/C18H18BrN3O3/c1-11(21-17(24)12-7-9-13(19)10-8-12)16(23)22-15-6-4-3-5-14(15)18(25)20-2/h3-11H,1-2H3,(H,20,25)(H,21,24)(H,22,23). The molecule has 25 heavy (non-hydrogen) atoms. The SMILES string of the molecule is CNC(=O)c1ccccc1NC(=O)C(C)NC(=O)c1ccc(Br)cc1. The van der Waals surface area contributed by atoms with Gasteiger partial charge in [0.25, 0.3) is 11.8 Å². The van der Waals surface area contributed by atoms with Gasteiger partial charge in [-0.15, -0.1) is 0 Å². The number of benzene rings is 2. The van der Waals surface area contributed by atoms with Gasteiger partial charge in [-0.1, -0.05) is 28.1 Å². The second-order valence-electron chi connectivity index (χ2n) is 5.32. The zero-order valence-electron chi connectivity index (χ0n) is 13.8. The maximum absolute atomic E-state index is 12.3. The van der Waals surface area contributed by atoms with Crippen molar-refractivity contribution in [3.63, 3.8) is 0 Å². The van der Waals surface area contributed by atoms with Gasteiger partial charge in [-0.3, -0.25) is 14.4 Å². The number of hydrogen-bond acceptors (Lipinski definition) is 3. The molecule has 7 heteroatoms. The molecule has 0 radical (unpaired) electrons. The molecule has 0 saturated heterocycles. The summed E-state index contributed by atoms with van der Waals surface area (Å²) in [7, 11) is 1.52. The van der Waals surface area contributed by atoms with E-state index in [0.717, 1.165) is 4.47 Å². The van der Waals surface area contributed by atoms with Crippen molar-refractivity contribution in [2.45, 2.75) is 13.0 Å². The van der Waals surface area contributed by atoms with Crippen LogP contribution in [0.5, 0.6) is 0 Å². The first-order chi connectivity index (χ1) is 11.9. The van der Waals surface area contributed by atoms with Crippen molar-refractivity contribution in [3.05, 3.63) is 64.1 Å². The molecule has 0 heterocycles. The molecule has 1 atom stereocenters. The van der Waals surface area contributed by atoms with Crippen molar-refractivity contribution in [2.24, 2.45) is 0 Å². The molecule has 0 fully saturated rings. The highest BCUT2D eigenvalue weighted by Gasteiger charge is 2.19. The van der Waals surface area contributed by atoms with Gasteiger partial charge in [0.1, 0.15) is 6.04 Å². The number of halogens is 1. The smallest absolute Gasteiger partial charge is 0.253 e. The number of carbonyl (C=O) groups is 3. The third kappa shape index (κ3) is 4.90. The summed E-state index contributed by atoms with van der Waals surface area (Å²) in [6.07, 6.45) is 0. The molecule has 0 aromatic heterocycles. The molecule has 0 spiro atoms. The lowest BCUT2D eigenvalue weighted by Crippen LogP contribution is -2.41. The third-order valence-electron chi connectivity index (χ3n) is 3.50. The number of nitrogens with one attached hydrogen (secondary N) is 3. The zero-order valence-corrected chi connectivity index (χ0v) is 15.4. The van der Waals surface area contributed by atoms with E-state index in [1.54, 1.807) is 55.5 Å². The number of amides is 3. The van der Waals surface area contributed by atoms with Gasteiger partial charge in [-0.05, 0) is 43.3 Å². The number of rotatable bonds is 5. The maximum Gasteiger partial charge on any atom is 0.253 e. The van der Waals surface area contributed by atoms with Crippen molar-refractivity contribution in [1.29, 1.82) is 0 Å². The summed E-state index contributed by atoms with van der Waals surface area (Å²) in [6, 6.07) is 12.7. The van der Waals surface area contributed by atoms with Crippen LogP contribution in [0.4, 0.5) is 5.69 Å². The lowest BCUT2D eigenvalue weighted by atomic mass is 10.1. The molecule has 2 rings (SSSR count). The highest BCUT2D eigenvalue weighted by atomic mass is 79.9. The fourth-order valence-corrected chi connectivity index (χ4v) is 2.38. The van der Waals surface area contributed by atoms with Crippen molar-refractivity contribution in [3.8, 4) is 0 Å². The molecule has 3 N–H and O–H groups in total. The normalized spacial score (nSPS) is 11.3. The van der Waals surface area contributed by atoms with Crippen molar-refractivity contribution >= 4 is 39.3 Å². The third-order valence-corrected chi connectivity index (χ3v) is 4.03. The minimum Gasteiger partial charge on any atom is -0.355 e. The fourth-order valence-electron chi connectivity index (χ4n) is 2.11. The molecule has 2 aromatic rings. The minimum atomic E-state index is -0.770. The van der Waals surface area contributed by atoms with Crippen molar-refractivity contribution in [2.75, 3.05) is 12.4 Å². The average molecular weight is 404 g/mol. The summed E-state index contributed by atoms with van der Waals surface area (Å²) in [5, 5.41) is 7.82. The Kier molecular flexibility index (Phi) is 6.30. The Morgan fingerprint density at radius 1 is 0.960 bits per heavy atom. The molecule has 2 aromatic carbocycles. The van der Waals surface area contributed by atoms with Crippen molar-refractivity contribution in [1.82, 2.24) is 10.6 Å². The first kappa shape index (κ1) is 18.7. The molecule has 0 aliphatic carbocycles. The molecular formula is C18H18BrN3O3. The molecule has 3 amide bonds. The largest absolute Gasteiger partial charge is 0.355 e. The lowest BCUT2D eigenvalue weighted by molar-refractivity contribution is -0.117. The number of hydrogen-bond donors (Lipinski definition) is 3. The van der Waals surface area contributed by atoms with E-state index in [0.29, 0.717) is 16.8 Å². The van der Waals surface area contributed by atoms with Crippen LogP contribution in [-0.4, -0.2) is 30.8 Å². The molecule has 0 bridgehead atoms. The highest BCUT2D eigenvalue weighted by molar-refractivity contribution is 9.10. The first-order valence-electron chi connectivity index (χ1n) is 7.60. The molecule has 0 aliphatic heterocycles. The Bertz CT molecular complexity index is 790. The van der Waals surface area contributed by atoms with E-state index in [4.69, 9.17) is 0 Å². The van der Waals surface area contributed by atoms with Crippen LogP contribution in [0.2, 0.25) is 0 Å². The number of para-hydroxylation sites is 1. The summed E-state index contributed by atoms with van der Waals surface area (Å²) in [4.78, 5) is 36.3. The molecular weight excluding hydrogens is 386 g/mol. The van der Waals surface area contributed by atoms with E-state index in [1.807, 2.05) is 0 Å². The van der Waals surface area contributed by atoms with Gasteiger partial charge in [0.2, 0.25) is 5.91 Å². The van der Waals surface area contributed by atoms with E-state index in [2.05, 4.69) is 31.9 Å². The fraction of sp³-hybridized carbons (Fsp3) is 0.167. The van der Waals surface area contributed by atoms with Crippen LogP contribution < -0.4 is 16.0 Å². The van der Waals surface area contributed by atoms with E-state index < -0.39 is 11.9 Å². The van der Waals surface area contributed by atoms with Crippen LogP contribution >= 0.6 is 15.9 Å². The summed E-state index contributed by atoms with van der Waals surface area (Å²) in [6.45, 7) is 1.58. The molecule has 0 saturated carbocycles. The predicted molar refractivity (Wildman–Crippen MR) is 99.5 cm³/mol. The molecule has 1 unspecified atom stereocenters. The Balaban J connectivity index is 2.05. The van der Waals surface area contributed by atoms with Crippen LogP contribution in [-0.2, 0) is 4.79 Å². The summed E-state index contributed by atoms with van der Waals surface area (Å²) >= 11 is 3.30. The van der Waals surface area contributed by atoms with Gasteiger partial charge in [0, 0.05) is 17.1 Å². The second kappa shape index (κ2) is 8.43. The Hall–Kier alpha value is -2.67. The van der Waals surface area contributed by atoms with E-state index in [-0.39, 0.29) is 11.8 Å². The van der Waals surface area contributed by atoms with Gasteiger partial charge < -0.3 is 16.0 Å². The molecule has 6 nitrogen and oxygen atoms in total. The summed E-state index contributed by atoms with van der Waals surface area (Å²) in [5.41, 5.74) is 1.19. The predicted octanol–water partition coefficient (Wildman–Crippen LogP) is 2.57. The zero-order chi connectivity index (χ0) is 18.4. The van der Waals surface area contributed by atoms with Crippen LogP contribution in [0.15, 0.2) is 53.0 Å². The average Bonchev–Trinajstić information content (AvgIpc) is 2.61. The van der Waals surface area contributed by atoms with Crippen LogP contribution in [0.3, 0.4) is 0 Å². The van der Waals surface area contributed by atoms with E-state index in [1.165, 1.54) is 7.05 Å². The Labute approximate surface area is 154 Å². The van der Waals surface area contributed by atoms with Gasteiger partial charge in [-0.25, -0.2) is 0 Å². The van der Waals surface area contributed by atoms with Crippen LogP contribution in [0.1, 0.15) is 27.6 Å². The van der Waals surface area contributed by atoms with Gasteiger partial charge >= 0.3 is 0 Å². The summed E-state index contributed by atoms with van der Waals surface area (Å²) < 4.78 is 0.862. The minimum absolute atomic E-state index is 0.303. The van der Waals surface area contributed by atoms with E-state index >= 15 is 0 Å². The molecule has 0 aliphatic rings. The van der Waals surface area contributed by atoms with Gasteiger partial charge in [0.15, 0.2) is 0 Å². The Morgan fingerprint density at radius 3 is 2.24 bits per heavy atom. The topological polar surface area (TPSA) is 87.3 Å². The van der Waals surface area contributed by atoms with Crippen LogP contribution in [0.25, 0.3) is 0 Å². The van der Waals surface area contributed by atoms with Crippen molar-refractivity contribution < 1.29 is 14.4 Å². The van der Waals surface area contributed by atoms with Gasteiger partial charge in [0.05, 0.1) is 11.3 Å². The van der Waals surface area contributed by atoms with E-state index in [9.17, 15) is 14.4 Å². The van der Waals surface area contributed by atoms with Crippen LogP contribution in [0, 0.1) is 0 Å². The number of anilines is 1. The monoisotopic (exact) mass is 403 g/mol. The Morgan fingerprint density at radius 2 is 1.60 bits per heavy atom. The first-order valence-corrected chi connectivity index (χ1v) is 8.40. The number of carbonyl (C=O) groups excluding carboxylic acids is 3. The van der Waals surface area contributed by atoms with Gasteiger partial charge in [-0.2, -0.15) is 0 Å². The maximum atomic E-state index is 12.3. The molecule has 130 valence electrons. The quantitative estimate of drug-likeness (QED) is 0.716. The second-order valence-corrected chi connectivity index (χ2v) is 6.23.